The van der Waals surface area contributed by atoms with Crippen LogP contribution >= 0.6 is 11.3 Å². The predicted molar refractivity (Wildman–Crippen MR) is 68.7 cm³/mol. The van der Waals surface area contributed by atoms with E-state index in [1.807, 2.05) is 0 Å². The molecule has 2 heterocycles. The van der Waals surface area contributed by atoms with Crippen LogP contribution in [0.25, 0.3) is 10.2 Å². The third-order valence-corrected chi connectivity index (χ3v) is 4.78. The zero-order valence-electron chi connectivity index (χ0n) is 10.1. The summed E-state index contributed by atoms with van der Waals surface area (Å²) < 4.78 is 5.11. The Morgan fingerprint density at radius 2 is 2.35 bits per heavy atom. The Hall–Kier alpha value is -1.16. The van der Waals surface area contributed by atoms with Crippen molar-refractivity contribution in [3.63, 3.8) is 0 Å². The lowest BCUT2D eigenvalue weighted by Crippen LogP contribution is -2.13. The van der Waals surface area contributed by atoms with Gasteiger partial charge < -0.3 is 4.42 Å². The van der Waals surface area contributed by atoms with Gasteiger partial charge in [0.2, 0.25) is 0 Å². The minimum Gasteiger partial charge on any atom is -0.408 e. The summed E-state index contributed by atoms with van der Waals surface area (Å²) in [5.74, 6) is 1.23. The van der Waals surface area contributed by atoms with Crippen molar-refractivity contribution < 1.29 is 4.42 Å². The third-order valence-electron chi connectivity index (χ3n) is 3.63. The summed E-state index contributed by atoms with van der Waals surface area (Å²) in [5, 5.41) is 0.741. The summed E-state index contributed by atoms with van der Waals surface area (Å²) in [7, 11) is 0. The fourth-order valence-electron chi connectivity index (χ4n) is 2.63. The summed E-state index contributed by atoms with van der Waals surface area (Å²) in [6, 6.07) is 0. The number of rotatable bonds is 1. The molecule has 0 saturated heterocycles. The molecule has 0 radical (unpaired) electrons. The van der Waals surface area contributed by atoms with Crippen molar-refractivity contribution in [2.75, 3.05) is 0 Å². The van der Waals surface area contributed by atoms with Crippen LogP contribution < -0.4 is 5.63 Å². The first-order valence-electron chi connectivity index (χ1n) is 6.11. The van der Waals surface area contributed by atoms with Gasteiger partial charge in [-0.15, -0.1) is 11.3 Å². The third kappa shape index (κ3) is 1.71. The maximum atomic E-state index is 11.9. The van der Waals surface area contributed by atoms with E-state index in [0.717, 1.165) is 29.0 Å². The van der Waals surface area contributed by atoms with Gasteiger partial charge in [0.25, 0.3) is 0 Å². The van der Waals surface area contributed by atoms with E-state index >= 15 is 0 Å². The molecule has 2 aromatic heterocycles. The van der Waals surface area contributed by atoms with E-state index in [1.54, 1.807) is 18.3 Å². The molecule has 0 fully saturated rings. The number of nitrogens with zero attached hydrogens (tertiary/aromatic N) is 1. The molecule has 0 bridgehead atoms. The number of hydrogen-bond donors (Lipinski definition) is 0. The first kappa shape index (κ1) is 11.0. The molecular formula is C13H15NO2S. The highest BCUT2D eigenvalue weighted by atomic mass is 32.1. The van der Waals surface area contributed by atoms with Crippen LogP contribution in [-0.2, 0) is 12.8 Å². The van der Waals surface area contributed by atoms with Crippen LogP contribution in [0.1, 0.15) is 36.1 Å². The minimum atomic E-state index is -0.208. The van der Waals surface area contributed by atoms with E-state index in [2.05, 4.69) is 11.9 Å². The van der Waals surface area contributed by atoms with Crippen molar-refractivity contribution in [1.82, 2.24) is 4.98 Å². The molecule has 1 atom stereocenters. The SMILES string of the molecule is CCC1CCc2c(sc3nc(C)oc(=O)c23)C1. The standard InChI is InChI=1S/C13H15NO2S/c1-3-8-4-5-9-10(6-8)17-12-11(9)13(15)16-7(2)14-12/h8H,3-6H2,1-2H3. The zero-order valence-corrected chi connectivity index (χ0v) is 10.9. The Bertz CT molecular complexity index is 626. The van der Waals surface area contributed by atoms with Crippen LogP contribution in [0.2, 0.25) is 0 Å². The van der Waals surface area contributed by atoms with Gasteiger partial charge in [-0.05, 0) is 30.7 Å². The lowest BCUT2D eigenvalue weighted by atomic mass is 9.86. The van der Waals surface area contributed by atoms with Gasteiger partial charge in [-0.1, -0.05) is 13.3 Å². The van der Waals surface area contributed by atoms with Crippen LogP contribution in [0.3, 0.4) is 0 Å². The van der Waals surface area contributed by atoms with E-state index in [4.69, 9.17) is 4.42 Å². The maximum Gasteiger partial charge on any atom is 0.348 e. The average Bonchev–Trinajstić information content (AvgIpc) is 2.65. The van der Waals surface area contributed by atoms with E-state index in [-0.39, 0.29) is 5.63 Å². The van der Waals surface area contributed by atoms with Crippen molar-refractivity contribution in [2.24, 2.45) is 5.92 Å². The largest absolute Gasteiger partial charge is 0.408 e. The Morgan fingerprint density at radius 1 is 1.53 bits per heavy atom. The van der Waals surface area contributed by atoms with Crippen LogP contribution in [0.15, 0.2) is 9.21 Å². The summed E-state index contributed by atoms with van der Waals surface area (Å²) in [5.41, 5.74) is 0.996. The van der Waals surface area contributed by atoms with Crippen molar-refractivity contribution in [3.05, 3.63) is 26.8 Å². The first-order valence-corrected chi connectivity index (χ1v) is 6.92. The van der Waals surface area contributed by atoms with Crippen LogP contribution in [0.4, 0.5) is 0 Å². The zero-order chi connectivity index (χ0) is 12.0. The molecule has 1 aliphatic rings. The summed E-state index contributed by atoms with van der Waals surface area (Å²) in [4.78, 5) is 18.4. The van der Waals surface area contributed by atoms with E-state index in [0.29, 0.717) is 5.89 Å². The molecule has 4 heteroatoms. The lowest BCUT2D eigenvalue weighted by Gasteiger charge is -2.20. The summed E-state index contributed by atoms with van der Waals surface area (Å²) in [6.45, 7) is 3.97. The molecule has 0 amide bonds. The highest BCUT2D eigenvalue weighted by Crippen LogP contribution is 2.36. The maximum absolute atomic E-state index is 11.9. The molecule has 0 aromatic carbocycles. The quantitative estimate of drug-likeness (QED) is 0.780. The Kier molecular flexibility index (Phi) is 2.54. The van der Waals surface area contributed by atoms with Crippen LogP contribution in [-0.4, -0.2) is 4.98 Å². The smallest absolute Gasteiger partial charge is 0.348 e. The van der Waals surface area contributed by atoms with Gasteiger partial charge in [-0.2, -0.15) is 0 Å². The second kappa shape index (κ2) is 3.95. The van der Waals surface area contributed by atoms with Crippen molar-refractivity contribution >= 4 is 21.6 Å². The van der Waals surface area contributed by atoms with Crippen LogP contribution in [0.5, 0.6) is 0 Å². The molecular weight excluding hydrogens is 234 g/mol. The van der Waals surface area contributed by atoms with Gasteiger partial charge in [0, 0.05) is 11.8 Å². The predicted octanol–water partition coefficient (Wildman–Crippen LogP) is 3.07. The van der Waals surface area contributed by atoms with Crippen LogP contribution in [0, 0.1) is 12.8 Å². The van der Waals surface area contributed by atoms with E-state index < -0.39 is 0 Å². The van der Waals surface area contributed by atoms with Gasteiger partial charge in [0.05, 0.1) is 0 Å². The molecule has 3 nitrogen and oxygen atoms in total. The second-order valence-electron chi connectivity index (χ2n) is 4.72. The molecule has 2 aromatic rings. The molecule has 0 aliphatic heterocycles. The van der Waals surface area contributed by atoms with Gasteiger partial charge >= 0.3 is 5.63 Å². The normalized spacial score (nSPS) is 19.5. The Morgan fingerprint density at radius 3 is 3.12 bits per heavy atom. The van der Waals surface area contributed by atoms with Gasteiger partial charge in [-0.3, -0.25) is 0 Å². The second-order valence-corrected chi connectivity index (χ2v) is 5.80. The molecule has 17 heavy (non-hydrogen) atoms. The number of thiophene rings is 1. The number of hydrogen-bond acceptors (Lipinski definition) is 4. The topological polar surface area (TPSA) is 43.1 Å². The van der Waals surface area contributed by atoms with Crippen molar-refractivity contribution in [1.29, 1.82) is 0 Å². The molecule has 3 rings (SSSR count). The minimum absolute atomic E-state index is 0.208. The van der Waals surface area contributed by atoms with E-state index in [9.17, 15) is 4.79 Å². The average molecular weight is 249 g/mol. The van der Waals surface area contributed by atoms with E-state index in [1.165, 1.54) is 23.3 Å². The number of fused-ring (bicyclic) bond motifs is 3. The molecule has 1 aliphatic carbocycles. The van der Waals surface area contributed by atoms with Gasteiger partial charge in [0.15, 0.2) is 5.89 Å². The molecule has 0 N–H and O–H groups in total. The number of aryl methyl sites for hydroxylation is 2. The highest BCUT2D eigenvalue weighted by Gasteiger charge is 2.24. The molecule has 0 saturated carbocycles. The van der Waals surface area contributed by atoms with Gasteiger partial charge in [-0.25, -0.2) is 9.78 Å². The molecule has 0 spiro atoms. The fourth-order valence-corrected chi connectivity index (χ4v) is 3.99. The lowest BCUT2D eigenvalue weighted by molar-refractivity contribution is 0.448. The molecule has 90 valence electrons. The molecule has 1 unspecified atom stereocenters. The van der Waals surface area contributed by atoms with Gasteiger partial charge in [0.1, 0.15) is 10.2 Å². The summed E-state index contributed by atoms with van der Waals surface area (Å²) >= 11 is 1.68. The Balaban J connectivity index is 2.22. The first-order chi connectivity index (χ1) is 8.19. The van der Waals surface area contributed by atoms with Crippen molar-refractivity contribution in [2.45, 2.75) is 39.5 Å². The monoisotopic (exact) mass is 249 g/mol. The fraction of sp³-hybridized carbons (Fsp3) is 0.538. The summed E-state index contributed by atoms with van der Waals surface area (Å²) in [6.07, 6.45) is 4.51. The number of aromatic nitrogens is 1. The van der Waals surface area contributed by atoms with Crippen molar-refractivity contribution in [3.8, 4) is 0 Å². The Labute approximate surface area is 103 Å². The highest BCUT2D eigenvalue weighted by molar-refractivity contribution is 7.18.